The summed E-state index contributed by atoms with van der Waals surface area (Å²) in [6.45, 7) is 5.31. The molecular weight excluding hydrogens is 405 g/mol. The molecule has 1 atom stereocenters. The Kier molecular flexibility index (Phi) is 6.29. The third-order valence-corrected chi connectivity index (χ3v) is 7.54. The molecule has 1 unspecified atom stereocenters. The molecule has 3 aliphatic rings. The number of amidine groups is 2. The van der Waals surface area contributed by atoms with E-state index in [-0.39, 0.29) is 16.5 Å². The van der Waals surface area contributed by atoms with E-state index in [0.29, 0.717) is 31.2 Å². The van der Waals surface area contributed by atoms with Gasteiger partial charge in [-0.1, -0.05) is 0 Å². The zero-order valence-corrected chi connectivity index (χ0v) is 18.3. The van der Waals surface area contributed by atoms with Crippen LogP contribution < -0.4 is 10.6 Å². The Labute approximate surface area is 180 Å². The number of anilines is 1. The van der Waals surface area contributed by atoms with Crippen LogP contribution in [0.1, 0.15) is 31.7 Å². The van der Waals surface area contributed by atoms with Crippen molar-refractivity contribution >= 4 is 35.2 Å². The molecule has 2 N–H and O–H groups in total. The Hall–Kier alpha value is -2.13. The van der Waals surface area contributed by atoms with Crippen LogP contribution in [0, 0.1) is 5.82 Å². The fourth-order valence-electron chi connectivity index (χ4n) is 3.95. The van der Waals surface area contributed by atoms with E-state index < -0.39 is 11.8 Å². The maximum Gasteiger partial charge on any atom is 0.319 e. The topological polar surface area (TPSA) is 78.3 Å². The average Bonchev–Trinajstić information content (AvgIpc) is 3.57. The molecule has 1 aromatic rings. The molecule has 0 radical (unpaired) electrons. The Morgan fingerprint density at radius 3 is 2.77 bits per heavy atom. The monoisotopic (exact) mass is 434 g/mol. The van der Waals surface area contributed by atoms with Crippen LogP contribution in [0.2, 0.25) is 0 Å². The van der Waals surface area contributed by atoms with Crippen LogP contribution in [0.3, 0.4) is 0 Å². The molecule has 2 aliphatic heterocycles. The third-order valence-electron chi connectivity index (χ3n) is 5.91. The predicted octanol–water partition coefficient (Wildman–Crippen LogP) is 2.19. The summed E-state index contributed by atoms with van der Waals surface area (Å²) >= 11 is 1.35. The van der Waals surface area contributed by atoms with Gasteiger partial charge in [0.15, 0.2) is 5.84 Å². The zero-order valence-electron chi connectivity index (χ0n) is 17.4. The van der Waals surface area contributed by atoms with Crippen molar-refractivity contribution in [2.45, 2.75) is 37.0 Å². The third kappa shape index (κ3) is 4.46. The normalized spacial score (nSPS) is 22.8. The number of urea groups is 1. The van der Waals surface area contributed by atoms with Gasteiger partial charge in [0.1, 0.15) is 22.4 Å². The quantitative estimate of drug-likeness (QED) is 0.551. The second-order valence-corrected chi connectivity index (χ2v) is 9.14. The Balaban J connectivity index is 1.61. The van der Waals surface area contributed by atoms with Gasteiger partial charge in [-0.25, -0.2) is 14.2 Å². The van der Waals surface area contributed by atoms with E-state index in [0.717, 1.165) is 25.3 Å². The molecule has 0 spiro atoms. The number of thiol groups is 1. The molecule has 9 heteroatoms. The average molecular weight is 435 g/mol. The number of benzene rings is 1. The summed E-state index contributed by atoms with van der Waals surface area (Å²) < 4.78 is 20.4. The summed E-state index contributed by atoms with van der Waals surface area (Å²) in [5.74, 6) is 1.10. The van der Waals surface area contributed by atoms with E-state index in [4.69, 9.17) is 14.7 Å². The standard InChI is InChI=1S/C21H28FN5O2S/c1-3-23-20(28)24-16-5-4-14(12-15(16)22)19-25-17(21(30-2)6-7-21)13-18(26-19)27-8-10-29-11-9-27/h4-5,12,17H,3,6-11,13H2,1-2H3,(H2,23,24,28)/p+1. The predicted molar refractivity (Wildman–Crippen MR) is 121 cm³/mol. The Bertz CT molecular complexity index is 865. The molecule has 0 aromatic heterocycles. The molecule has 2 amide bonds. The van der Waals surface area contributed by atoms with Gasteiger partial charge in [0.05, 0.1) is 25.2 Å². The van der Waals surface area contributed by atoms with Gasteiger partial charge in [0, 0.05) is 44.5 Å². The first-order valence-corrected chi connectivity index (χ1v) is 11.8. The Morgan fingerprint density at radius 1 is 1.37 bits per heavy atom. The van der Waals surface area contributed by atoms with Crippen molar-refractivity contribution in [1.82, 2.24) is 10.2 Å². The van der Waals surface area contributed by atoms with Gasteiger partial charge in [0.25, 0.3) is 0 Å². The highest BCUT2D eigenvalue weighted by atomic mass is 32.2. The van der Waals surface area contributed by atoms with Crippen LogP contribution in [-0.4, -0.2) is 72.5 Å². The minimum Gasteiger partial charge on any atom is -0.378 e. The molecule has 7 nitrogen and oxygen atoms in total. The smallest absolute Gasteiger partial charge is 0.319 e. The summed E-state index contributed by atoms with van der Waals surface area (Å²) in [4.78, 5) is 23.8. The van der Waals surface area contributed by atoms with Crippen molar-refractivity contribution in [2.75, 3.05) is 44.4 Å². The van der Waals surface area contributed by atoms with Crippen LogP contribution in [0.25, 0.3) is 0 Å². The van der Waals surface area contributed by atoms with Gasteiger partial charge < -0.3 is 20.3 Å². The maximum atomic E-state index is 14.7. The van der Waals surface area contributed by atoms with E-state index >= 15 is 0 Å². The maximum absolute atomic E-state index is 14.7. The highest BCUT2D eigenvalue weighted by Gasteiger charge is 2.57. The first-order valence-electron chi connectivity index (χ1n) is 10.5. The fraction of sp³-hybridized carbons (Fsp3) is 0.571. The van der Waals surface area contributed by atoms with E-state index in [1.165, 1.54) is 30.7 Å². The zero-order chi connectivity index (χ0) is 21.1. The molecule has 1 saturated heterocycles. The van der Waals surface area contributed by atoms with Crippen molar-refractivity contribution in [3.8, 4) is 0 Å². The SMILES string of the molecule is CCNC(=O)Nc1ccc(C2=NC(C3([SH+]C)CC3)CC(N3CCOCC3)=N2)cc1F. The first-order chi connectivity index (χ1) is 14.5. The number of morpholine rings is 1. The number of carbonyl (C=O) groups is 1. The summed E-state index contributed by atoms with van der Waals surface area (Å²) in [5, 5.41) is 5.13. The highest BCUT2D eigenvalue weighted by Crippen LogP contribution is 2.46. The number of amides is 2. The van der Waals surface area contributed by atoms with Gasteiger partial charge in [-0.2, -0.15) is 0 Å². The van der Waals surface area contributed by atoms with E-state index in [2.05, 4.69) is 21.8 Å². The molecule has 1 aromatic carbocycles. The lowest BCUT2D eigenvalue weighted by molar-refractivity contribution is 0.0669. The second kappa shape index (κ2) is 8.93. The lowest BCUT2D eigenvalue weighted by Gasteiger charge is -2.33. The summed E-state index contributed by atoms with van der Waals surface area (Å²) in [7, 11) is 0. The first kappa shape index (κ1) is 21.1. The number of rotatable bonds is 5. The van der Waals surface area contributed by atoms with Crippen molar-refractivity contribution in [3.63, 3.8) is 0 Å². The number of nitrogens with zero attached hydrogens (tertiary/aromatic N) is 3. The van der Waals surface area contributed by atoms with Crippen LogP contribution in [0.5, 0.6) is 0 Å². The number of nitrogens with one attached hydrogen (secondary N) is 2. The molecule has 0 bridgehead atoms. The van der Waals surface area contributed by atoms with Gasteiger partial charge in [-0.3, -0.25) is 4.99 Å². The molecule has 4 rings (SSSR count). The largest absolute Gasteiger partial charge is 0.378 e. The van der Waals surface area contributed by atoms with Crippen LogP contribution in [-0.2, 0) is 16.5 Å². The van der Waals surface area contributed by atoms with Crippen LogP contribution >= 0.6 is 0 Å². The van der Waals surface area contributed by atoms with Crippen LogP contribution in [0.4, 0.5) is 14.9 Å². The van der Waals surface area contributed by atoms with Gasteiger partial charge in [-0.05, 0) is 36.9 Å². The van der Waals surface area contributed by atoms with Crippen molar-refractivity contribution in [2.24, 2.45) is 9.98 Å². The van der Waals surface area contributed by atoms with E-state index in [1.807, 2.05) is 6.92 Å². The highest BCUT2D eigenvalue weighted by molar-refractivity contribution is 7.79. The van der Waals surface area contributed by atoms with Crippen molar-refractivity contribution in [3.05, 3.63) is 29.6 Å². The van der Waals surface area contributed by atoms with Crippen molar-refractivity contribution in [1.29, 1.82) is 0 Å². The van der Waals surface area contributed by atoms with Crippen LogP contribution in [0.15, 0.2) is 28.2 Å². The van der Waals surface area contributed by atoms with E-state index in [1.54, 1.807) is 12.1 Å². The van der Waals surface area contributed by atoms with Gasteiger partial charge in [0.2, 0.25) is 0 Å². The number of hydrogen-bond donors (Lipinski definition) is 2. The molecule has 2 fully saturated rings. The van der Waals surface area contributed by atoms with Crippen molar-refractivity contribution < 1.29 is 13.9 Å². The number of carbonyl (C=O) groups excluding carboxylic acids is 1. The molecular formula is C21H29FN5O2S+. The molecule has 1 saturated carbocycles. The van der Waals surface area contributed by atoms with Gasteiger partial charge >= 0.3 is 6.03 Å². The molecule has 162 valence electrons. The molecule has 30 heavy (non-hydrogen) atoms. The minimum absolute atomic E-state index is 0.140. The lowest BCUT2D eigenvalue weighted by Crippen LogP contribution is -2.45. The van der Waals surface area contributed by atoms with E-state index in [9.17, 15) is 9.18 Å². The molecule has 2 heterocycles. The van der Waals surface area contributed by atoms with Gasteiger partial charge in [-0.15, -0.1) is 0 Å². The number of halogens is 1. The summed E-state index contributed by atoms with van der Waals surface area (Å²) in [6, 6.07) is 4.48. The Morgan fingerprint density at radius 2 is 2.13 bits per heavy atom. The number of hydrogen-bond acceptors (Lipinski definition) is 5. The number of aliphatic imine (C=N–C) groups is 2. The lowest BCUT2D eigenvalue weighted by atomic mass is 10.0. The fourth-order valence-corrected chi connectivity index (χ4v) is 4.96. The number of ether oxygens (including phenoxy) is 1. The summed E-state index contributed by atoms with van der Waals surface area (Å²) in [6.07, 6.45) is 5.37. The molecule has 1 aliphatic carbocycles. The minimum atomic E-state index is -0.499. The second-order valence-electron chi connectivity index (χ2n) is 7.81. The summed E-state index contributed by atoms with van der Waals surface area (Å²) in [5.41, 5.74) is 0.772.